The van der Waals surface area contributed by atoms with Crippen LogP contribution in [-0.4, -0.2) is 23.7 Å². The normalized spacial score (nSPS) is 12.2. The van der Waals surface area contributed by atoms with Crippen LogP contribution in [-0.2, 0) is 0 Å². The second-order valence-corrected chi connectivity index (χ2v) is 26.9. The molecule has 13 aromatic carbocycles. The van der Waals surface area contributed by atoms with Gasteiger partial charge in [0, 0.05) is 110 Å². The molecule has 0 amide bonds. The number of aromatic nitrogens is 5. The summed E-state index contributed by atoms with van der Waals surface area (Å²) >= 11 is 5.57. The Morgan fingerprint density at radius 1 is 0.211 bits per heavy atom. The maximum atomic E-state index is 5.78. The molecule has 0 unspecified atom stereocenters. The standard InChI is InChI=1S/C82H47N5S3/c1-7-19-69-56(13-1)59-35-27-49(52-30-38-65-62-16-4-10-22-75(62)88-78(65)44-52)41-72(59)85(69)55-33-25-48(26-34-55)68-47-81(86-70-20-8-2-14-57(70)60-36-28-50(42-73(60)86)53-31-39-66-63-17-5-11-23-76(63)89-79(66)45-53)84-82(83-68)87-71-21-9-3-15-58(71)61-37-29-51(43-74(61)87)54-32-40-67-64-18-6-12-24-77(64)90-80(67)46-54/h1-47H. The van der Waals surface area contributed by atoms with E-state index in [0.29, 0.717) is 5.95 Å². The summed E-state index contributed by atoms with van der Waals surface area (Å²) < 4.78 is 14.9. The average Bonchev–Trinajstić information content (AvgIpc) is 1.74. The lowest BCUT2D eigenvalue weighted by atomic mass is 10.0. The molecule has 0 aliphatic rings. The molecule has 7 heterocycles. The number of hydrogen-bond acceptors (Lipinski definition) is 5. The van der Waals surface area contributed by atoms with Crippen molar-refractivity contribution in [2.24, 2.45) is 0 Å². The molecule has 90 heavy (non-hydrogen) atoms. The van der Waals surface area contributed by atoms with Gasteiger partial charge in [-0.05, 0) is 118 Å². The minimum Gasteiger partial charge on any atom is -0.309 e. The van der Waals surface area contributed by atoms with Gasteiger partial charge in [0.05, 0.1) is 38.8 Å². The molecule has 0 aliphatic carbocycles. The molecule has 0 aliphatic heterocycles. The van der Waals surface area contributed by atoms with Gasteiger partial charge in [0.15, 0.2) is 0 Å². The molecule has 0 spiro atoms. The van der Waals surface area contributed by atoms with E-state index in [1.54, 1.807) is 0 Å². The molecular formula is C82H47N5S3. The van der Waals surface area contributed by atoms with Gasteiger partial charge in [0.25, 0.3) is 0 Å². The third-order valence-electron chi connectivity index (χ3n) is 18.7. The highest BCUT2D eigenvalue weighted by atomic mass is 32.1. The fourth-order valence-corrected chi connectivity index (χ4v) is 17.9. The summed E-state index contributed by atoms with van der Waals surface area (Å²) in [5, 5.41) is 14.9. The van der Waals surface area contributed by atoms with Gasteiger partial charge < -0.3 is 4.57 Å². The number of nitrogens with zero attached hydrogens (tertiary/aromatic N) is 5. The lowest BCUT2D eigenvalue weighted by Gasteiger charge is -2.15. The second kappa shape index (κ2) is 19.2. The summed E-state index contributed by atoms with van der Waals surface area (Å²) in [6.07, 6.45) is 0. The van der Waals surface area contributed by atoms with E-state index in [0.717, 1.165) is 88.5 Å². The first-order chi connectivity index (χ1) is 44.6. The Hall–Kier alpha value is -11.0. The van der Waals surface area contributed by atoms with Crippen molar-refractivity contribution in [3.8, 4) is 62.1 Å². The summed E-state index contributed by atoms with van der Waals surface area (Å²) in [4.78, 5) is 11.5. The SMILES string of the molecule is c1ccc2c(c1)sc1cc(-c3ccc4c5ccccc5n(-c5ccc(-c6cc(-n7c8ccccc8c8ccc(-c9ccc%10c(c9)sc9ccccc9%10)cc87)nc(-n7c8ccccc8c8ccc(-c9ccc%10c(c9)sc9ccccc9%10)cc87)n6)cc5)c4c3)ccc12. The molecule has 0 fully saturated rings. The highest BCUT2D eigenvalue weighted by Gasteiger charge is 2.23. The van der Waals surface area contributed by atoms with Crippen molar-refractivity contribution in [1.29, 1.82) is 0 Å². The Morgan fingerprint density at radius 3 is 0.967 bits per heavy atom. The third kappa shape index (κ3) is 7.53. The maximum Gasteiger partial charge on any atom is 0.237 e. The molecule has 0 atom stereocenters. The Balaban J connectivity index is 0.783. The molecule has 7 aromatic heterocycles. The molecule has 0 bridgehead atoms. The van der Waals surface area contributed by atoms with Crippen LogP contribution in [0.25, 0.3) is 188 Å². The topological polar surface area (TPSA) is 40.6 Å². The van der Waals surface area contributed by atoms with Crippen molar-refractivity contribution in [1.82, 2.24) is 23.7 Å². The number of thiophene rings is 3. The quantitative estimate of drug-likeness (QED) is 0.160. The fraction of sp³-hybridized carbons (Fsp3) is 0. The largest absolute Gasteiger partial charge is 0.309 e. The average molecular weight is 1200 g/mol. The van der Waals surface area contributed by atoms with E-state index in [2.05, 4.69) is 299 Å². The number of benzene rings is 13. The molecule has 20 rings (SSSR count). The van der Waals surface area contributed by atoms with Gasteiger partial charge in [0.2, 0.25) is 5.95 Å². The molecule has 5 nitrogen and oxygen atoms in total. The van der Waals surface area contributed by atoms with Crippen molar-refractivity contribution >= 4 is 160 Å². The van der Waals surface area contributed by atoms with Crippen LogP contribution in [0.1, 0.15) is 0 Å². The van der Waals surface area contributed by atoms with Gasteiger partial charge >= 0.3 is 0 Å². The molecular weight excluding hydrogens is 1150 g/mol. The number of para-hydroxylation sites is 3. The van der Waals surface area contributed by atoms with E-state index in [-0.39, 0.29) is 0 Å². The van der Waals surface area contributed by atoms with Gasteiger partial charge in [-0.3, -0.25) is 9.13 Å². The molecule has 0 saturated heterocycles. The molecule has 418 valence electrons. The van der Waals surface area contributed by atoms with Gasteiger partial charge in [-0.25, -0.2) is 4.98 Å². The highest BCUT2D eigenvalue weighted by molar-refractivity contribution is 7.26. The maximum absolute atomic E-state index is 5.78. The lowest BCUT2D eigenvalue weighted by molar-refractivity contribution is 0.952. The van der Waals surface area contributed by atoms with Gasteiger partial charge in [-0.1, -0.05) is 194 Å². The molecule has 20 aromatic rings. The number of hydrogen-bond donors (Lipinski definition) is 0. The first-order valence-corrected chi connectivity index (χ1v) is 32.9. The Bertz CT molecular complexity index is 6170. The van der Waals surface area contributed by atoms with Gasteiger partial charge in [0.1, 0.15) is 5.82 Å². The lowest BCUT2D eigenvalue weighted by Crippen LogP contribution is -2.07. The first-order valence-electron chi connectivity index (χ1n) is 30.4. The van der Waals surface area contributed by atoms with Crippen molar-refractivity contribution in [2.45, 2.75) is 0 Å². The molecule has 8 heteroatoms. The highest BCUT2D eigenvalue weighted by Crippen LogP contribution is 2.44. The van der Waals surface area contributed by atoms with Crippen LogP contribution in [0.4, 0.5) is 0 Å². The molecule has 0 N–H and O–H groups in total. The van der Waals surface area contributed by atoms with E-state index in [1.807, 2.05) is 34.0 Å². The number of rotatable bonds is 7. The Labute approximate surface area is 527 Å². The zero-order valence-corrected chi connectivity index (χ0v) is 50.5. The summed E-state index contributed by atoms with van der Waals surface area (Å²) in [6, 6.07) is 105. The van der Waals surface area contributed by atoms with Crippen LogP contribution in [0.5, 0.6) is 0 Å². The smallest absolute Gasteiger partial charge is 0.237 e. The monoisotopic (exact) mass is 1200 g/mol. The van der Waals surface area contributed by atoms with Crippen LogP contribution < -0.4 is 0 Å². The van der Waals surface area contributed by atoms with Crippen LogP contribution >= 0.6 is 34.0 Å². The van der Waals surface area contributed by atoms with Gasteiger partial charge in [-0.2, -0.15) is 4.98 Å². The van der Waals surface area contributed by atoms with Gasteiger partial charge in [-0.15, -0.1) is 34.0 Å². The van der Waals surface area contributed by atoms with Crippen molar-refractivity contribution < 1.29 is 0 Å². The van der Waals surface area contributed by atoms with Crippen molar-refractivity contribution in [3.63, 3.8) is 0 Å². The first kappa shape index (κ1) is 50.0. The third-order valence-corrected chi connectivity index (χ3v) is 22.1. The van der Waals surface area contributed by atoms with Crippen LogP contribution in [0.3, 0.4) is 0 Å². The van der Waals surface area contributed by atoms with E-state index in [4.69, 9.17) is 9.97 Å². The summed E-state index contributed by atoms with van der Waals surface area (Å²) in [5.41, 5.74) is 16.5. The van der Waals surface area contributed by atoms with E-state index in [9.17, 15) is 0 Å². The minimum atomic E-state index is 0.593. The fourth-order valence-electron chi connectivity index (χ4n) is 14.5. The number of fused-ring (bicyclic) bond motifs is 18. The Morgan fingerprint density at radius 2 is 0.522 bits per heavy atom. The molecule has 0 saturated carbocycles. The molecule has 0 radical (unpaired) electrons. The second-order valence-electron chi connectivity index (χ2n) is 23.6. The zero-order chi connectivity index (χ0) is 58.7. The summed E-state index contributed by atoms with van der Waals surface area (Å²) in [6.45, 7) is 0. The Kier molecular flexibility index (Phi) is 10.7. The summed E-state index contributed by atoms with van der Waals surface area (Å²) in [5.74, 6) is 1.37. The van der Waals surface area contributed by atoms with E-state index >= 15 is 0 Å². The van der Waals surface area contributed by atoms with E-state index < -0.39 is 0 Å². The summed E-state index contributed by atoms with van der Waals surface area (Å²) in [7, 11) is 0. The van der Waals surface area contributed by atoms with Crippen molar-refractivity contribution in [2.75, 3.05) is 0 Å². The van der Waals surface area contributed by atoms with E-state index in [1.165, 1.54) is 93.5 Å². The van der Waals surface area contributed by atoms with Crippen LogP contribution in [0.15, 0.2) is 285 Å². The minimum absolute atomic E-state index is 0.593. The zero-order valence-electron chi connectivity index (χ0n) is 48.1. The van der Waals surface area contributed by atoms with Crippen molar-refractivity contribution in [3.05, 3.63) is 285 Å². The van der Waals surface area contributed by atoms with Crippen LogP contribution in [0, 0.1) is 0 Å². The predicted molar refractivity (Wildman–Crippen MR) is 385 cm³/mol. The predicted octanol–water partition coefficient (Wildman–Crippen LogP) is 23.5. The van der Waals surface area contributed by atoms with Crippen LogP contribution in [0.2, 0.25) is 0 Å².